The third-order valence-corrected chi connectivity index (χ3v) is 1.97. The van der Waals surface area contributed by atoms with Crippen LogP contribution < -0.4 is 25.7 Å². The number of guanidine groups is 1. The maximum Gasteiger partial charge on any atom is 0.333 e. The molecule has 4 N–H and O–H groups in total. The molecular weight excluding hydrogens is 226 g/mol. The Hall–Kier alpha value is -2.44. The van der Waals surface area contributed by atoms with Crippen molar-refractivity contribution in [1.82, 2.24) is 0 Å². The van der Waals surface area contributed by atoms with Crippen LogP contribution in [0.1, 0.15) is 0 Å². The first-order valence-electron chi connectivity index (χ1n) is 4.81. The van der Waals surface area contributed by atoms with E-state index in [1.54, 1.807) is 18.2 Å². The van der Waals surface area contributed by atoms with E-state index in [1.807, 2.05) is 0 Å². The zero-order valence-electron chi connectivity index (χ0n) is 8.88. The molecule has 1 aliphatic heterocycles. The number of ether oxygens (including phenoxy) is 3. The minimum absolute atomic E-state index is 0.160. The van der Waals surface area contributed by atoms with Gasteiger partial charge in [-0.05, 0) is 12.1 Å². The fraction of sp³-hybridized carbons (Fsp3) is 0.200. The first kappa shape index (κ1) is 11.1. The summed E-state index contributed by atoms with van der Waals surface area (Å²) in [6.07, 6.45) is 0. The Balaban J connectivity index is 1.99. The number of benzene rings is 1. The molecule has 0 unspecified atom stereocenters. The molecule has 7 nitrogen and oxygen atoms in total. The lowest BCUT2D eigenvalue weighted by molar-refractivity contribution is -0.132. The second-order valence-electron chi connectivity index (χ2n) is 3.23. The van der Waals surface area contributed by atoms with Crippen molar-refractivity contribution in [3.63, 3.8) is 0 Å². The number of esters is 1. The van der Waals surface area contributed by atoms with E-state index < -0.39 is 5.97 Å². The molecular formula is C10H11N3O4. The molecule has 1 aromatic carbocycles. The molecule has 0 amide bonds. The number of nitrogens with two attached hydrogens (primary N) is 2. The van der Waals surface area contributed by atoms with E-state index in [0.29, 0.717) is 17.2 Å². The lowest BCUT2D eigenvalue weighted by atomic mass is 10.3. The van der Waals surface area contributed by atoms with E-state index in [1.165, 1.54) is 0 Å². The van der Waals surface area contributed by atoms with Crippen molar-refractivity contribution in [3.8, 4) is 17.2 Å². The van der Waals surface area contributed by atoms with Crippen LogP contribution in [0.5, 0.6) is 17.2 Å². The van der Waals surface area contributed by atoms with Gasteiger partial charge in [-0.3, -0.25) is 0 Å². The predicted molar refractivity (Wildman–Crippen MR) is 58.9 cm³/mol. The molecule has 0 fully saturated rings. The summed E-state index contributed by atoms with van der Waals surface area (Å²) in [5, 5.41) is 0. The summed E-state index contributed by atoms with van der Waals surface area (Å²) in [5.41, 5.74) is 10.2. The number of nitrogens with zero attached hydrogens (tertiary/aromatic N) is 1. The molecule has 1 aromatic rings. The number of carbonyl (C=O) groups excluding carboxylic acids is 1. The summed E-state index contributed by atoms with van der Waals surface area (Å²) in [7, 11) is 0. The molecule has 0 aromatic heterocycles. The van der Waals surface area contributed by atoms with Crippen LogP contribution in [0.3, 0.4) is 0 Å². The van der Waals surface area contributed by atoms with Crippen LogP contribution in [0.4, 0.5) is 0 Å². The van der Waals surface area contributed by atoms with Gasteiger partial charge in [-0.2, -0.15) is 0 Å². The highest BCUT2D eigenvalue weighted by molar-refractivity contribution is 5.81. The van der Waals surface area contributed by atoms with Gasteiger partial charge in [0.05, 0.1) is 0 Å². The average Bonchev–Trinajstić information content (AvgIpc) is 2.73. The monoisotopic (exact) mass is 237 g/mol. The molecule has 0 spiro atoms. The smallest absolute Gasteiger partial charge is 0.333 e. The van der Waals surface area contributed by atoms with Crippen LogP contribution in [0, 0.1) is 0 Å². The zero-order chi connectivity index (χ0) is 12.3. The summed E-state index contributed by atoms with van der Waals surface area (Å²) in [5.74, 6) is 0.793. The van der Waals surface area contributed by atoms with E-state index in [9.17, 15) is 4.79 Å². The summed E-state index contributed by atoms with van der Waals surface area (Å²) < 4.78 is 15.3. The largest absolute Gasteiger partial charge is 0.454 e. The highest BCUT2D eigenvalue weighted by Gasteiger charge is 2.14. The third-order valence-electron chi connectivity index (χ3n) is 1.97. The molecule has 0 saturated carbocycles. The number of fused-ring (bicyclic) bond motifs is 1. The number of carbonyl (C=O) groups is 1. The highest BCUT2D eigenvalue weighted by Crippen LogP contribution is 2.35. The molecule has 0 radical (unpaired) electrons. The van der Waals surface area contributed by atoms with E-state index in [2.05, 4.69) is 4.99 Å². The normalized spacial score (nSPS) is 12.0. The van der Waals surface area contributed by atoms with Crippen LogP contribution in [-0.2, 0) is 4.79 Å². The fourth-order valence-corrected chi connectivity index (χ4v) is 1.26. The van der Waals surface area contributed by atoms with Crippen LogP contribution in [0.2, 0.25) is 0 Å². The van der Waals surface area contributed by atoms with Gasteiger partial charge < -0.3 is 25.7 Å². The van der Waals surface area contributed by atoms with Gasteiger partial charge in [0.25, 0.3) is 0 Å². The molecule has 0 atom stereocenters. The van der Waals surface area contributed by atoms with Crippen molar-refractivity contribution in [1.29, 1.82) is 0 Å². The molecule has 90 valence electrons. The molecule has 0 aliphatic carbocycles. The Morgan fingerprint density at radius 2 is 2.12 bits per heavy atom. The number of hydrogen-bond donors (Lipinski definition) is 2. The Bertz CT molecular complexity index is 469. The standard InChI is InChI=1S/C10H11N3O4/c11-10(12)13-4-9(14)17-6-1-2-7-8(3-6)16-5-15-7/h1-3H,4-5H2,(H4,11,12,13). The van der Waals surface area contributed by atoms with E-state index in [-0.39, 0.29) is 19.3 Å². The van der Waals surface area contributed by atoms with E-state index in [4.69, 9.17) is 25.7 Å². The Morgan fingerprint density at radius 3 is 2.88 bits per heavy atom. The van der Waals surface area contributed by atoms with Crippen molar-refractivity contribution in [2.24, 2.45) is 16.5 Å². The van der Waals surface area contributed by atoms with Crippen molar-refractivity contribution < 1.29 is 19.0 Å². The van der Waals surface area contributed by atoms with Crippen molar-refractivity contribution >= 4 is 11.9 Å². The van der Waals surface area contributed by atoms with E-state index >= 15 is 0 Å². The van der Waals surface area contributed by atoms with Crippen molar-refractivity contribution in [2.45, 2.75) is 0 Å². The van der Waals surface area contributed by atoms with Crippen LogP contribution in [-0.4, -0.2) is 25.3 Å². The molecule has 0 saturated heterocycles. The van der Waals surface area contributed by atoms with Crippen LogP contribution in [0.25, 0.3) is 0 Å². The lowest BCUT2D eigenvalue weighted by Gasteiger charge is -2.03. The summed E-state index contributed by atoms with van der Waals surface area (Å²) in [6, 6.07) is 4.82. The first-order valence-corrected chi connectivity index (χ1v) is 4.81. The predicted octanol–water partition coefficient (Wildman–Crippen LogP) is -0.406. The van der Waals surface area contributed by atoms with Gasteiger partial charge >= 0.3 is 5.97 Å². The van der Waals surface area contributed by atoms with Crippen molar-refractivity contribution in [2.75, 3.05) is 13.3 Å². The lowest BCUT2D eigenvalue weighted by Crippen LogP contribution is -2.25. The Labute approximate surface area is 97.0 Å². The third kappa shape index (κ3) is 2.77. The van der Waals surface area contributed by atoms with Gasteiger partial charge in [0, 0.05) is 6.07 Å². The summed E-state index contributed by atoms with van der Waals surface area (Å²) >= 11 is 0. The summed E-state index contributed by atoms with van der Waals surface area (Å²) in [4.78, 5) is 14.8. The number of hydrogen-bond acceptors (Lipinski definition) is 5. The minimum atomic E-state index is -0.558. The fourth-order valence-electron chi connectivity index (χ4n) is 1.26. The van der Waals surface area contributed by atoms with Crippen LogP contribution in [0.15, 0.2) is 23.2 Å². The quantitative estimate of drug-likeness (QED) is 0.320. The molecule has 0 bridgehead atoms. The van der Waals surface area contributed by atoms with E-state index in [0.717, 1.165) is 0 Å². The summed E-state index contributed by atoms with van der Waals surface area (Å²) in [6.45, 7) is -0.0580. The van der Waals surface area contributed by atoms with Crippen molar-refractivity contribution in [3.05, 3.63) is 18.2 Å². The molecule has 1 heterocycles. The maximum atomic E-state index is 11.3. The second-order valence-corrected chi connectivity index (χ2v) is 3.23. The maximum absolute atomic E-state index is 11.3. The average molecular weight is 237 g/mol. The Morgan fingerprint density at radius 1 is 1.35 bits per heavy atom. The molecule has 7 heteroatoms. The SMILES string of the molecule is NC(N)=NCC(=O)Oc1ccc2c(c1)OCO2. The number of aliphatic imine (C=N–C) groups is 1. The molecule has 17 heavy (non-hydrogen) atoms. The van der Waals surface area contributed by atoms with Gasteiger partial charge in [-0.15, -0.1) is 0 Å². The molecule has 1 aliphatic rings. The van der Waals surface area contributed by atoms with Gasteiger partial charge in [-0.25, -0.2) is 9.79 Å². The van der Waals surface area contributed by atoms with Crippen LogP contribution >= 0.6 is 0 Å². The molecule has 2 rings (SSSR count). The van der Waals surface area contributed by atoms with Gasteiger partial charge in [0.1, 0.15) is 12.3 Å². The second kappa shape index (κ2) is 4.60. The van der Waals surface area contributed by atoms with Gasteiger partial charge in [0.15, 0.2) is 17.5 Å². The zero-order valence-corrected chi connectivity index (χ0v) is 8.88. The highest BCUT2D eigenvalue weighted by atomic mass is 16.7. The minimum Gasteiger partial charge on any atom is -0.454 e. The topological polar surface area (TPSA) is 109 Å². The Kier molecular flexibility index (Phi) is 2.99. The van der Waals surface area contributed by atoms with Gasteiger partial charge in [0.2, 0.25) is 6.79 Å². The van der Waals surface area contributed by atoms with Gasteiger partial charge in [-0.1, -0.05) is 0 Å². The first-order chi connectivity index (χ1) is 8.15. The number of rotatable bonds is 3.